The Morgan fingerprint density at radius 2 is 1.94 bits per heavy atom. The summed E-state index contributed by atoms with van der Waals surface area (Å²) in [5.74, 6) is 0.313. The highest BCUT2D eigenvalue weighted by atomic mass is 35.5. The molecule has 32 heavy (non-hydrogen) atoms. The molecule has 2 heterocycles. The van der Waals surface area contributed by atoms with Gasteiger partial charge >= 0.3 is 5.97 Å². The lowest BCUT2D eigenvalue weighted by atomic mass is 9.95. The molecule has 1 aliphatic heterocycles. The van der Waals surface area contributed by atoms with Crippen LogP contribution in [-0.4, -0.2) is 48.8 Å². The maximum atomic E-state index is 11.8. The summed E-state index contributed by atoms with van der Waals surface area (Å²) in [6.07, 6.45) is 5.66. The molecule has 1 aliphatic rings. The van der Waals surface area contributed by atoms with Crippen LogP contribution in [0.2, 0.25) is 5.28 Å². The van der Waals surface area contributed by atoms with Gasteiger partial charge < -0.3 is 19.7 Å². The van der Waals surface area contributed by atoms with E-state index < -0.39 is 0 Å². The fraction of sp³-hybridized carbons (Fsp3) is 0.542. The summed E-state index contributed by atoms with van der Waals surface area (Å²) >= 11 is 5.87. The van der Waals surface area contributed by atoms with E-state index >= 15 is 0 Å². The molecule has 0 aliphatic carbocycles. The highest BCUT2D eigenvalue weighted by molar-refractivity contribution is 6.28. The van der Waals surface area contributed by atoms with Crippen LogP contribution in [0.1, 0.15) is 51.5 Å². The minimum Gasteiger partial charge on any atom is -0.469 e. The normalized spacial score (nSPS) is 15.4. The van der Waals surface area contributed by atoms with Gasteiger partial charge in [-0.25, -0.2) is 9.97 Å². The van der Waals surface area contributed by atoms with Gasteiger partial charge in [-0.3, -0.25) is 4.79 Å². The van der Waals surface area contributed by atoms with Crippen LogP contribution in [0, 0.1) is 5.92 Å². The number of aromatic nitrogens is 2. The van der Waals surface area contributed by atoms with Gasteiger partial charge in [0.05, 0.1) is 43.0 Å². The zero-order chi connectivity index (χ0) is 23.1. The predicted octanol–water partition coefficient (Wildman–Crippen LogP) is 5.18. The van der Waals surface area contributed by atoms with Gasteiger partial charge in [-0.2, -0.15) is 0 Å². The third-order valence-electron chi connectivity index (χ3n) is 5.69. The summed E-state index contributed by atoms with van der Waals surface area (Å²) in [7, 11) is 1.42. The summed E-state index contributed by atoms with van der Waals surface area (Å²) < 4.78 is 10.5. The number of anilines is 3. The number of carbonyl (C=O) groups is 1. The van der Waals surface area contributed by atoms with Crippen molar-refractivity contribution in [2.24, 2.45) is 5.92 Å². The molecule has 8 heteroatoms. The molecule has 1 N–H and O–H groups in total. The first-order chi connectivity index (χ1) is 15.4. The number of nitrogens with one attached hydrogen (secondary N) is 1. The fourth-order valence-corrected chi connectivity index (χ4v) is 4.13. The van der Waals surface area contributed by atoms with Crippen LogP contribution < -0.4 is 10.2 Å². The van der Waals surface area contributed by atoms with E-state index in [4.69, 9.17) is 21.1 Å². The van der Waals surface area contributed by atoms with Crippen molar-refractivity contribution in [3.05, 3.63) is 41.4 Å². The van der Waals surface area contributed by atoms with Crippen LogP contribution in [0.15, 0.2) is 30.6 Å². The Bertz CT molecular complexity index is 885. The Morgan fingerprint density at radius 1 is 1.25 bits per heavy atom. The molecule has 7 nitrogen and oxygen atoms in total. The lowest BCUT2D eigenvalue weighted by Crippen LogP contribution is -2.42. The number of benzene rings is 1. The van der Waals surface area contributed by atoms with Crippen LogP contribution in [0.4, 0.5) is 17.1 Å². The second-order valence-electron chi connectivity index (χ2n) is 8.71. The Hall–Kier alpha value is -2.38. The molecule has 3 rings (SSSR count). The SMILES string of the molecule is COC(=O)CC(C)c1ccc(N(CC(C)C)C2CCOCC2)c(Nc2cnc(Cl)nc2)c1. The first-order valence-corrected chi connectivity index (χ1v) is 11.5. The van der Waals surface area contributed by atoms with Crippen LogP contribution >= 0.6 is 11.6 Å². The number of rotatable bonds is 9. The largest absolute Gasteiger partial charge is 0.469 e. The van der Waals surface area contributed by atoms with E-state index in [9.17, 15) is 4.79 Å². The number of nitrogens with zero attached hydrogens (tertiary/aromatic N) is 3. The lowest BCUT2D eigenvalue weighted by Gasteiger charge is -2.38. The van der Waals surface area contributed by atoms with Crippen molar-refractivity contribution in [1.29, 1.82) is 0 Å². The van der Waals surface area contributed by atoms with E-state index in [2.05, 4.69) is 52.2 Å². The maximum Gasteiger partial charge on any atom is 0.306 e. The molecule has 0 saturated carbocycles. The molecular formula is C24H33ClN4O3. The smallest absolute Gasteiger partial charge is 0.306 e. The molecule has 0 radical (unpaired) electrons. The molecule has 0 bridgehead atoms. The number of carbonyl (C=O) groups excluding carboxylic acids is 1. The highest BCUT2D eigenvalue weighted by Gasteiger charge is 2.25. The third kappa shape index (κ3) is 6.56. The van der Waals surface area contributed by atoms with Crippen LogP contribution in [0.25, 0.3) is 0 Å². The molecular weight excluding hydrogens is 428 g/mol. The molecule has 1 aromatic heterocycles. The van der Waals surface area contributed by atoms with E-state index in [1.165, 1.54) is 7.11 Å². The number of hydrogen-bond acceptors (Lipinski definition) is 7. The van der Waals surface area contributed by atoms with Gasteiger partial charge in [-0.15, -0.1) is 0 Å². The van der Waals surface area contributed by atoms with E-state index in [1.807, 2.05) is 6.92 Å². The van der Waals surface area contributed by atoms with Gasteiger partial charge in [0.2, 0.25) is 5.28 Å². The van der Waals surface area contributed by atoms with E-state index in [0.717, 1.165) is 55.2 Å². The summed E-state index contributed by atoms with van der Waals surface area (Å²) in [4.78, 5) is 22.5. The van der Waals surface area contributed by atoms with Crippen molar-refractivity contribution >= 4 is 34.6 Å². The monoisotopic (exact) mass is 460 g/mol. The zero-order valence-corrected chi connectivity index (χ0v) is 20.1. The van der Waals surface area contributed by atoms with Gasteiger partial charge in [-0.1, -0.05) is 26.8 Å². The maximum absolute atomic E-state index is 11.8. The third-order valence-corrected chi connectivity index (χ3v) is 5.89. The average molecular weight is 461 g/mol. The van der Waals surface area contributed by atoms with Crippen LogP contribution in [0.3, 0.4) is 0 Å². The minimum atomic E-state index is -0.217. The molecule has 174 valence electrons. The topological polar surface area (TPSA) is 76.6 Å². The summed E-state index contributed by atoms with van der Waals surface area (Å²) in [6, 6.07) is 6.79. The van der Waals surface area contributed by atoms with Crippen molar-refractivity contribution in [1.82, 2.24) is 9.97 Å². The van der Waals surface area contributed by atoms with Gasteiger partial charge in [0, 0.05) is 25.8 Å². The van der Waals surface area contributed by atoms with Gasteiger partial charge in [0.15, 0.2) is 0 Å². The molecule has 0 spiro atoms. The first-order valence-electron chi connectivity index (χ1n) is 11.2. The number of esters is 1. The first kappa shape index (κ1) is 24.3. The van der Waals surface area contributed by atoms with Gasteiger partial charge in [0.1, 0.15) is 0 Å². The Balaban J connectivity index is 1.99. The summed E-state index contributed by atoms with van der Waals surface area (Å²) in [6.45, 7) is 9.00. The van der Waals surface area contributed by atoms with Crippen LogP contribution in [0.5, 0.6) is 0 Å². The van der Waals surface area contributed by atoms with E-state index in [-0.39, 0.29) is 17.2 Å². The average Bonchev–Trinajstić information content (AvgIpc) is 2.79. The molecule has 1 fully saturated rings. The predicted molar refractivity (Wildman–Crippen MR) is 128 cm³/mol. The lowest BCUT2D eigenvalue weighted by molar-refractivity contribution is -0.140. The molecule has 1 atom stereocenters. The second-order valence-corrected chi connectivity index (χ2v) is 9.05. The van der Waals surface area contributed by atoms with Crippen molar-refractivity contribution in [2.75, 3.05) is 37.1 Å². The van der Waals surface area contributed by atoms with Crippen molar-refractivity contribution in [3.63, 3.8) is 0 Å². The highest BCUT2D eigenvalue weighted by Crippen LogP contribution is 2.36. The Morgan fingerprint density at radius 3 is 2.56 bits per heavy atom. The van der Waals surface area contributed by atoms with E-state index in [0.29, 0.717) is 18.4 Å². The quantitative estimate of drug-likeness (QED) is 0.408. The second kappa shape index (κ2) is 11.5. The zero-order valence-electron chi connectivity index (χ0n) is 19.3. The van der Waals surface area contributed by atoms with Gasteiger partial charge in [-0.05, 0) is 54.0 Å². The van der Waals surface area contributed by atoms with E-state index in [1.54, 1.807) is 12.4 Å². The Labute approximate surface area is 195 Å². The number of hydrogen-bond donors (Lipinski definition) is 1. The van der Waals surface area contributed by atoms with Crippen molar-refractivity contribution in [3.8, 4) is 0 Å². The molecule has 1 aromatic carbocycles. The van der Waals surface area contributed by atoms with Crippen molar-refractivity contribution in [2.45, 2.75) is 52.0 Å². The minimum absolute atomic E-state index is 0.0279. The fourth-order valence-electron chi connectivity index (χ4n) is 4.03. The molecule has 1 unspecified atom stereocenters. The number of halogens is 1. The molecule has 0 amide bonds. The summed E-state index contributed by atoms with van der Waals surface area (Å²) in [5, 5.41) is 3.69. The standard InChI is InChI=1S/C24H33ClN4O3/c1-16(2)15-29(20-7-9-32-10-8-20)22-6-5-18(17(3)11-23(30)31-4)12-21(22)28-19-13-26-24(25)27-14-19/h5-6,12-14,16-17,20,28H,7-11,15H2,1-4H3. The number of methoxy groups -OCH3 is 1. The van der Waals surface area contributed by atoms with Crippen LogP contribution in [-0.2, 0) is 14.3 Å². The molecule has 2 aromatic rings. The Kier molecular flexibility index (Phi) is 8.70. The number of ether oxygens (including phenoxy) is 2. The van der Waals surface area contributed by atoms with Gasteiger partial charge in [0.25, 0.3) is 0 Å². The van der Waals surface area contributed by atoms with Crippen molar-refractivity contribution < 1.29 is 14.3 Å². The molecule has 1 saturated heterocycles. The summed E-state index contributed by atoms with van der Waals surface area (Å²) in [5.41, 5.74) is 3.89.